The number of aromatic nitrogens is 1. The van der Waals surface area contributed by atoms with E-state index in [0.29, 0.717) is 6.04 Å². The van der Waals surface area contributed by atoms with Crippen LogP contribution >= 0.6 is 0 Å². The van der Waals surface area contributed by atoms with E-state index in [2.05, 4.69) is 40.8 Å². The molecule has 0 radical (unpaired) electrons. The van der Waals surface area contributed by atoms with Gasteiger partial charge < -0.3 is 9.84 Å². The van der Waals surface area contributed by atoms with Crippen molar-refractivity contribution in [2.24, 2.45) is 0 Å². The molecule has 0 amide bonds. The van der Waals surface area contributed by atoms with Crippen LogP contribution in [0.2, 0.25) is 0 Å². The highest BCUT2D eigenvalue weighted by Crippen LogP contribution is 2.14. The third-order valence-electron chi connectivity index (χ3n) is 3.45. The van der Waals surface area contributed by atoms with Crippen LogP contribution in [-0.4, -0.2) is 17.7 Å². The number of hydrogen-bond donors (Lipinski definition) is 1. The maximum absolute atomic E-state index is 5.40. The standard InChI is InChI=1S/C15H18N2O/c1-2-5-12(6-3-1)9-15-11-14(17-18-15)10-13-7-4-8-16-13/h1-3,5-6,11,13,16H,4,7-10H2/t13-/m0/s1. The van der Waals surface area contributed by atoms with E-state index in [1.54, 1.807) is 0 Å². The molecule has 1 aliphatic rings. The third kappa shape index (κ3) is 2.79. The first kappa shape index (κ1) is 11.5. The monoisotopic (exact) mass is 242 g/mol. The highest BCUT2D eigenvalue weighted by molar-refractivity contribution is 5.21. The first-order valence-corrected chi connectivity index (χ1v) is 6.62. The van der Waals surface area contributed by atoms with Gasteiger partial charge in [0.05, 0.1) is 5.69 Å². The first-order valence-electron chi connectivity index (χ1n) is 6.62. The highest BCUT2D eigenvalue weighted by atomic mass is 16.5. The predicted molar refractivity (Wildman–Crippen MR) is 70.5 cm³/mol. The molecule has 1 atom stereocenters. The van der Waals surface area contributed by atoms with Gasteiger partial charge in [-0.15, -0.1) is 0 Å². The predicted octanol–water partition coefficient (Wildman–Crippen LogP) is 2.56. The average Bonchev–Trinajstić information content (AvgIpc) is 3.03. The second-order valence-electron chi connectivity index (χ2n) is 4.94. The highest BCUT2D eigenvalue weighted by Gasteiger charge is 2.16. The summed E-state index contributed by atoms with van der Waals surface area (Å²) in [5, 5.41) is 7.64. The van der Waals surface area contributed by atoms with Crippen molar-refractivity contribution in [3.63, 3.8) is 0 Å². The zero-order valence-electron chi connectivity index (χ0n) is 10.4. The summed E-state index contributed by atoms with van der Waals surface area (Å²) in [6, 6.07) is 13.0. The largest absolute Gasteiger partial charge is 0.361 e. The van der Waals surface area contributed by atoms with E-state index in [0.717, 1.165) is 30.8 Å². The van der Waals surface area contributed by atoms with Crippen molar-refractivity contribution in [3.05, 3.63) is 53.4 Å². The van der Waals surface area contributed by atoms with Gasteiger partial charge in [0, 0.05) is 24.9 Å². The average molecular weight is 242 g/mol. The van der Waals surface area contributed by atoms with Crippen LogP contribution in [0.4, 0.5) is 0 Å². The Morgan fingerprint density at radius 1 is 1.28 bits per heavy atom. The maximum Gasteiger partial charge on any atom is 0.141 e. The Labute approximate surface area is 107 Å². The van der Waals surface area contributed by atoms with Crippen LogP contribution in [0, 0.1) is 0 Å². The lowest BCUT2D eigenvalue weighted by molar-refractivity contribution is 0.380. The van der Waals surface area contributed by atoms with Crippen LogP contribution in [0.15, 0.2) is 40.9 Å². The summed E-state index contributed by atoms with van der Waals surface area (Å²) in [4.78, 5) is 0. The van der Waals surface area contributed by atoms with Crippen LogP contribution in [0.3, 0.4) is 0 Å². The lowest BCUT2D eigenvalue weighted by atomic mass is 10.1. The van der Waals surface area contributed by atoms with Crippen molar-refractivity contribution < 1.29 is 4.52 Å². The van der Waals surface area contributed by atoms with E-state index in [1.165, 1.54) is 18.4 Å². The number of nitrogens with one attached hydrogen (secondary N) is 1. The van der Waals surface area contributed by atoms with Crippen LogP contribution in [0.5, 0.6) is 0 Å². The van der Waals surface area contributed by atoms with Crippen molar-refractivity contribution in [1.29, 1.82) is 0 Å². The smallest absolute Gasteiger partial charge is 0.141 e. The van der Waals surface area contributed by atoms with Gasteiger partial charge in [-0.05, 0) is 24.9 Å². The molecule has 18 heavy (non-hydrogen) atoms. The molecule has 1 aromatic carbocycles. The van der Waals surface area contributed by atoms with Crippen LogP contribution in [0.1, 0.15) is 29.9 Å². The normalized spacial score (nSPS) is 19.2. The van der Waals surface area contributed by atoms with Crippen molar-refractivity contribution in [1.82, 2.24) is 10.5 Å². The summed E-state index contributed by atoms with van der Waals surface area (Å²) >= 11 is 0. The summed E-state index contributed by atoms with van der Waals surface area (Å²) in [6.07, 6.45) is 4.34. The quantitative estimate of drug-likeness (QED) is 0.895. The van der Waals surface area contributed by atoms with Gasteiger partial charge in [-0.3, -0.25) is 0 Å². The molecule has 0 spiro atoms. The molecule has 0 saturated carbocycles. The molecule has 3 heteroatoms. The van der Waals surface area contributed by atoms with Crippen molar-refractivity contribution in [3.8, 4) is 0 Å². The minimum atomic E-state index is 0.583. The topological polar surface area (TPSA) is 38.1 Å². The summed E-state index contributed by atoms with van der Waals surface area (Å²) in [5.41, 5.74) is 2.33. The molecule has 0 bridgehead atoms. The van der Waals surface area contributed by atoms with Crippen molar-refractivity contribution in [2.45, 2.75) is 31.7 Å². The van der Waals surface area contributed by atoms with E-state index in [4.69, 9.17) is 4.52 Å². The lowest BCUT2D eigenvalue weighted by Crippen LogP contribution is -2.23. The van der Waals surface area contributed by atoms with Gasteiger partial charge in [-0.2, -0.15) is 0 Å². The Bertz CT molecular complexity index is 486. The van der Waals surface area contributed by atoms with Gasteiger partial charge in [-0.1, -0.05) is 35.5 Å². The zero-order chi connectivity index (χ0) is 12.2. The molecule has 1 N–H and O–H groups in total. The third-order valence-corrected chi connectivity index (χ3v) is 3.45. The zero-order valence-corrected chi connectivity index (χ0v) is 10.4. The number of benzene rings is 1. The Balaban J connectivity index is 1.62. The molecule has 0 unspecified atom stereocenters. The molecule has 94 valence electrons. The number of hydrogen-bond acceptors (Lipinski definition) is 3. The molecule has 2 aromatic rings. The SMILES string of the molecule is c1ccc(Cc2cc(C[C@@H]3CCCN3)no2)cc1. The van der Waals surface area contributed by atoms with Crippen molar-refractivity contribution in [2.75, 3.05) is 6.54 Å². The Kier molecular flexibility index (Phi) is 3.42. The molecule has 1 saturated heterocycles. The van der Waals surface area contributed by atoms with Crippen LogP contribution in [-0.2, 0) is 12.8 Å². The van der Waals surface area contributed by atoms with E-state index < -0.39 is 0 Å². The Hall–Kier alpha value is -1.61. The summed E-state index contributed by atoms with van der Waals surface area (Å²) in [7, 11) is 0. The van der Waals surface area contributed by atoms with Crippen LogP contribution in [0.25, 0.3) is 0 Å². The van der Waals surface area contributed by atoms with Gasteiger partial charge in [0.25, 0.3) is 0 Å². The van der Waals surface area contributed by atoms with E-state index in [9.17, 15) is 0 Å². The summed E-state index contributed by atoms with van der Waals surface area (Å²) < 4.78 is 5.40. The molecular formula is C15H18N2O. The van der Waals surface area contributed by atoms with Gasteiger partial charge in [0.1, 0.15) is 5.76 Å². The molecule has 1 aromatic heterocycles. The van der Waals surface area contributed by atoms with Gasteiger partial charge in [0.15, 0.2) is 0 Å². The van der Waals surface area contributed by atoms with Gasteiger partial charge >= 0.3 is 0 Å². The first-order chi connectivity index (χ1) is 8.90. The fourth-order valence-electron chi connectivity index (χ4n) is 2.52. The van der Waals surface area contributed by atoms with Gasteiger partial charge in [0.2, 0.25) is 0 Å². The van der Waals surface area contributed by atoms with Gasteiger partial charge in [-0.25, -0.2) is 0 Å². The van der Waals surface area contributed by atoms with Crippen molar-refractivity contribution >= 4 is 0 Å². The fourth-order valence-corrected chi connectivity index (χ4v) is 2.52. The minimum absolute atomic E-state index is 0.583. The Morgan fingerprint density at radius 2 is 2.17 bits per heavy atom. The molecule has 0 aliphatic carbocycles. The lowest BCUT2D eigenvalue weighted by Gasteiger charge is -2.05. The second-order valence-corrected chi connectivity index (χ2v) is 4.94. The van der Waals surface area contributed by atoms with Crippen LogP contribution < -0.4 is 5.32 Å². The molecule has 2 heterocycles. The summed E-state index contributed by atoms with van der Waals surface area (Å²) in [6.45, 7) is 1.14. The summed E-state index contributed by atoms with van der Waals surface area (Å²) in [5.74, 6) is 0.953. The number of nitrogens with zero attached hydrogens (tertiary/aromatic N) is 1. The molecule has 3 rings (SSSR count). The van der Waals surface area contributed by atoms with E-state index >= 15 is 0 Å². The second kappa shape index (κ2) is 5.36. The minimum Gasteiger partial charge on any atom is -0.361 e. The molecule has 1 aliphatic heterocycles. The number of rotatable bonds is 4. The molecular weight excluding hydrogens is 224 g/mol. The van der Waals surface area contributed by atoms with E-state index in [1.807, 2.05) is 6.07 Å². The fraction of sp³-hybridized carbons (Fsp3) is 0.400. The maximum atomic E-state index is 5.40. The molecule has 3 nitrogen and oxygen atoms in total. The Morgan fingerprint density at radius 3 is 2.94 bits per heavy atom. The van der Waals surface area contributed by atoms with E-state index in [-0.39, 0.29) is 0 Å². The molecule has 1 fully saturated rings.